The number of carbonyl (C=O) groups is 1. The topological polar surface area (TPSA) is 60.2 Å². The molecule has 0 aliphatic rings. The van der Waals surface area contributed by atoms with Crippen LogP contribution in [0.1, 0.15) is 15.2 Å². The molecular formula is C13H8BrNO3S. The van der Waals surface area contributed by atoms with Gasteiger partial charge in [-0.15, -0.1) is 11.3 Å². The number of allylic oxidation sites excluding steroid dienone is 1. The quantitative estimate of drug-likeness (QED) is 0.361. The van der Waals surface area contributed by atoms with Crippen molar-refractivity contribution in [2.75, 3.05) is 0 Å². The number of hydrogen-bond acceptors (Lipinski definition) is 4. The van der Waals surface area contributed by atoms with Crippen LogP contribution in [0.15, 0.2) is 46.3 Å². The zero-order valence-corrected chi connectivity index (χ0v) is 12.0. The van der Waals surface area contributed by atoms with E-state index in [4.69, 9.17) is 0 Å². The van der Waals surface area contributed by atoms with Gasteiger partial charge >= 0.3 is 0 Å². The number of ketones is 1. The molecule has 2 aromatic rings. The van der Waals surface area contributed by atoms with Crippen LogP contribution in [0.25, 0.3) is 6.08 Å². The molecule has 0 N–H and O–H groups in total. The van der Waals surface area contributed by atoms with Crippen molar-refractivity contribution in [2.24, 2.45) is 0 Å². The molecule has 0 bridgehead atoms. The van der Waals surface area contributed by atoms with Gasteiger partial charge in [0.25, 0.3) is 5.69 Å². The Morgan fingerprint density at radius 3 is 2.42 bits per heavy atom. The van der Waals surface area contributed by atoms with E-state index in [0.29, 0.717) is 5.56 Å². The second-order valence-electron chi connectivity index (χ2n) is 3.64. The molecule has 1 aromatic heterocycles. The minimum Gasteiger partial charge on any atom is -0.289 e. The van der Waals surface area contributed by atoms with Crippen LogP contribution in [0.3, 0.4) is 0 Å². The van der Waals surface area contributed by atoms with E-state index in [-0.39, 0.29) is 11.5 Å². The molecule has 0 aliphatic heterocycles. The third-order valence-corrected chi connectivity index (χ3v) is 3.94. The standard InChI is InChI=1S/C13H8BrNO3S/c14-13-8-6-11(19-13)5-7-12(16)9-1-3-10(4-2-9)15(17)18/h1-8H/b7-5+. The minimum absolute atomic E-state index is 0.0253. The summed E-state index contributed by atoms with van der Waals surface area (Å²) in [5.41, 5.74) is 0.403. The molecule has 4 nitrogen and oxygen atoms in total. The number of thiophene rings is 1. The van der Waals surface area contributed by atoms with Gasteiger partial charge in [-0.1, -0.05) is 0 Å². The Labute approximate surface area is 121 Å². The highest BCUT2D eigenvalue weighted by molar-refractivity contribution is 9.11. The van der Waals surface area contributed by atoms with E-state index >= 15 is 0 Å². The third-order valence-electron chi connectivity index (χ3n) is 2.36. The van der Waals surface area contributed by atoms with Gasteiger partial charge < -0.3 is 0 Å². The smallest absolute Gasteiger partial charge is 0.269 e. The Bertz CT molecular complexity index is 646. The van der Waals surface area contributed by atoms with Crippen molar-refractivity contribution in [3.8, 4) is 0 Å². The van der Waals surface area contributed by atoms with Crippen molar-refractivity contribution in [3.63, 3.8) is 0 Å². The first-order valence-electron chi connectivity index (χ1n) is 5.28. The summed E-state index contributed by atoms with van der Waals surface area (Å²) in [5.74, 6) is -0.181. The Hall–Kier alpha value is -1.79. The number of benzene rings is 1. The maximum atomic E-state index is 11.8. The lowest BCUT2D eigenvalue weighted by Crippen LogP contribution is -1.94. The van der Waals surface area contributed by atoms with E-state index in [1.165, 1.54) is 41.7 Å². The maximum Gasteiger partial charge on any atom is 0.269 e. The first kappa shape index (κ1) is 13.6. The maximum absolute atomic E-state index is 11.8. The monoisotopic (exact) mass is 337 g/mol. The molecule has 96 valence electrons. The molecule has 0 aliphatic carbocycles. The van der Waals surface area contributed by atoms with Crippen LogP contribution >= 0.6 is 27.3 Å². The molecule has 1 aromatic carbocycles. The predicted octanol–water partition coefficient (Wildman–Crippen LogP) is 4.31. The average molecular weight is 338 g/mol. The molecule has 0 saturated heterocycles. The van der Waals surface area contributed by atoms with Gasteiger partial charge in [0.05, 0.1) is 8.71 Å². The van der Waals surface area contributed by atoms with Crippen molar-refractivity contribution >= 4 is 44.8 Å². The number of halogens is 1. The third kappa shape index (κ3) is 3.59. The average Bonchev–Trinajstić information content (AvgIpc) is 2.82. The number of carbonyl (C=O) groups excluding carboxylic acids is 1. The van der Waals surface area contributed by atoms with Crippen LogP contribution in [0, 0.1) is 10.1 Å². The van der Waals surface area contributed by atoms with Gasteiger partial charge in [-0.05, 0) is 52.3 Å². The normalized spacial score (nSPS) is 10.8. The summed E-state index contributed by atoms with van der Waals surface area (Å²) in [5, 5.41) is 10.5. The van der Waals surface area contributed by atoms with Crippen LogP contribution in [0.2, 0.25) is 0 Å². The van der Waals surface area contributed by atoms with Crippen LogP contribution in [-0.4, -0.2) is 10.7 Å². The summed E-state index contributed by atoms with van der Waals surface area (Å²) >= 11 is 4.86. The van der Waals surface area contributed by atoms with Gasteiger partial charge in [-0.3, -0.25) is 14.9 Å². The molecular weight excluding hydrogens is 330 g/mol. The van der Waals surface area contributed by atoms with Crippen molar-refractivity contribution in [3.05, 3.63) is 66.8 Å². The zero-order valence-electron chi connectivity index (χ0n) is 9.58. The van der Waals surface area contributed by atoms with Crippen LogP contribution < -0.4 is 0 Å². The molecule has 0 unspecified atom stereocenters. The SMILES string of the molecule is O=C(/C=C/c1ccc(Br)s1)c1ccc([N+](=O)[O-])cc1. The van der Waals surface area contributed by atoms with Crippen molar-refractivity contribution in [1.82, 2.24) is 0 Å². The second kappa shape index (κ2) is 5.90. The van der Waals surface area contributed by atoms with E-state index in [1.54, 1.807) is 6.08 Å². The van der Waals surface area contributed by atoms with Gasteiger partial charge in [0, 0.05) is 22.6 Å². The zero-order chi connectivity index (χ0) is 13.8. The molecule has 0 amide bonds. The van der Waals surface area contributed by atoms with Gasteiger partial charge in [-0.25, -0.2) is 0 Å². The number of rotatable bonds is 4. The van der Waals surface area contributed by atoms with Crippen LogP contribution in [-0.2, 0) is 0 Å². The van der Waals surface area contributed by atoms with Gasteiger partial charge in [0.1, 0.15) is 0 Å². The molecule has 6 heteroatoms. The number of nitrogens with zero attached hydrogens (tertiary/aromatic N) is 1. The summed E-state index contributed by atoms with van der Waals surface area (Å²) in [4.78, 5) is 22.8. The number of nitro benzene ring substituents is 1. The Morgan fingerprint density at radius 2 is 1.89 bits per heavy atom. The predicted molar refractivity (Wildman–Crippen MR) is 78.5 cm³/mol. The lowest BCUT2D eigenvalue weighted by atomic mass is 10.1. The molecule has 0 atom stereocenters. The fraction of sp³-hybridized carbons (Fsp3) is 0. The molecule has 0 saturated carbocycles. The molecule has 19 heavy (non-hydrogen) atoms. The first-order chi connectivity index (χ1) is 9.06. The van der Waals surface area contributed by atoms with Crippen molar-refractivity contribution in [1.29, 1.82) is 0 Å². The largest absolute Gasteiger partial charge is 0.289 e. The molecule has 0 fully saturated rings. The highest BCUT2D eigenvalue weighted by Crippen LogP contribution is 2.23. The summed E-state index contributed by atoms with van der Waals surface area (Å²) in [6.07, 6.45) is 3.18. The van der Waals surface area contributed by atoms with Crippen LogP contribution in [0.5, 0.6) is 0 Å². The van der Waals surface area contributed by atoms with Gasteiger partial charge in [-0.2, -0.15) is 0 Å². The molecule has 2 rings (SSSR count). The summed E-state index contributed by atoms with van der Waals surface area (Å²) < 4.78 is 0.995. The van der Waals surface area contributed by atoms with Gasteiger partial charge in [0.2, 0.25) is 0 Å². The van der Waals surface area contributed by atoms with Gasteiger partial charge in [0.15, 0.2) is 5.78 Å². The molecule has 1 heterocycles. The fourth-order valence-electron chi connectivity index (χ4n) is 1.42. The fourth-order valence-corrected chi connectivity index (χ4v) is 2.75. The van der Waals surface area contributed by atoms with Crippen molar-refractivity contribution < 1.29 is 9.72 Å². The lowest BCUT2D eigenvalue weighted by Gasteiger charge is -1.95. The minimum atomic E-state index is -0.493. The van der Waals surface area contributed by atoms with E-state index < -0.39 is 4.92 Å². The second-order valence-corrected chi connectivity index (χ2v) is 6.14. The highest BCUT2D eigenvalue weighted by atomic mass is 79.9. The highest BCUT2D eigenvalue weighted by Gasteiger charge is 2.07. The number of nitro groups is 1. The summed E-state index contributed by atoms with van der Waals surface area (Å²) in [6.45, 7) is 0. The van der Waals surface area contributed by atoms with E-state index in [1.807, 2.05) is 12.1 Å². The Morgan fingerprint density at radius 1 is 1.21 bits per heavy atom. The number of non-ortho nitro benzene ring substituents is 1. The summed E-state index contributed by atoms with van der Waals surface area (Å²) in [7, 11) is 0. The van der Waals surface area contributed by atoms with Crippen LogP contribution in [0.4, 0.5) is 5.69 Å². The first-order valence-corrected chi connectivity index (χ1v) is 6.89. The Balaban J connectivity index is 2.11. The number of hydrogen-bond donors (Lipinski definition) is 0. The van der Waals surface area contributed by atoms with E-state index in [2.05, 4.69) is 15.9 Å². The molecule has 0 radical (unpaired) electrons. The Kier molecular flexibility index (Phi) is 4.24. The van der Waals surface area contributed by atoms with Crippen molar-refractivity contribution in [2.45, 2.75) is 0 Å². The molecule has 0 spiro atoms. The summed E-state index contributed by atoms with van der Waals surface area (Å²) in [6, 6.07) is 9.35. The van der Waals surface area contributed by atoms with E-state index in [9.17, 15) is 14.9 Å². The lowest BCUT2D eigenvalue weighted by molar-refractivity contribution is -0.384. The van der Waals surface area contributed by atoms with E-state index in [0.717, 1.165) is 8.66 Å².